The van der Waals surface area contributed by atoms with E-state index in [0.29, 0.717) is 17.0 Å². The molecule has 34 heavy (non-hydrogen) atoms. The fourth-order valence-corrected chi connectivity index (χ4v) is 4.22. The Balaban J connectivity index is 1.79. The number of allylic oxidation sites excluding steroid dienone is 2. The highest BCUT2D eigenvalue weighted by atomic mass is 19.1. The molecule has 0 fully saturated rings. The van der Waals surface area contributed by atoms with Gasteiger partial charge in [0.15, 0.2) is 11.6 Å². The van der Waals surface area contributed by atoms with Gasteiger partial charge in [-0.2, -0.15) is 5.26 Å². The zero-order valence-electron chi connectivity index (χ0n) is 18.2. The summed E-state index contributed by atoms with van der Waals surface area (Å²) in [5.74, 6) is -2.38. The minimum Gasteiger partial charge on any atom is -0.496 e. The van der Waals surface area contributed by atoms with E-state index >= 15 is 0 Å². The number of anilines is 1. The van der Waals surface area contributed by atoms with Crippen molar-refractivity contribution in [3.05, 3.63) is 94.1 Å². The van der Waals surface area contributed by atoms with Crippen LogP contribution in [0, 0.1) is 17.1 Å². The van der Waals surface area contributed by atoms with Crippen molar-refractivity contribution in [2.45, 2.75) is 6.54 Å². The first-order valence-corrected chi connectivity index (χ1v) is 10.3. The normalized spacial score (nSPS) is 14.4. The third-order valence-electron chi connectivity index (χ3n) is 5.80. The second-order valence-corrected chi connectivity index (χ2v) is 7.63. The van der Waals surface area contributed by atoms with Gasteiger partial charge in [-0.15, -0.1) is 0 Å². The molecule has 5 rings (SSSR count). The summed E-state index contributed by atoms with van der Waals surface area (Å²) in [4.78, 5) is 29.3. The van der Waals surface area contributed by atoms with Gasteiger partial charge < -0.3 is 19.1 Å². The lowest BCUT2D eigenvalue weighted by Crippen LogP contribution is -2.35. The Morgan fingerprint density at radius 3 is 2.41 bits per heavy atom. The van der Waals surface area contributed by atoms with Crippen LogP contribution in [-0.2, 0) is 6.54 Å². The maximum atomic E-state index is 14.7. The molecule has 168 valence electrons. The van der Waals surface area contributed by atoms with Crippen LogP contribution < -0.4 is 19.1 Å². The number of carbonyl (C=O) groups is 2. The van der Waals surface area contributed by atoms with Crippen molar-refractivity contribution >= 4 is 17.3 Å². The monoisotopic (exact) mass is 456 g/mol. The Morgan fingerprint density at radius 2 is 1.74 bits per heavy atom. The molecule has 0 spiro atoms. The van der Waals surface area contributed by atoms with E-state index in [2.05, 4.69) is 6.07 Å². The van der Waals surface area contributed by atoms with Gasteiger partial charge in [-0.1, -0.05) is 18.2 Å². The average molecular weight is 456 g/mol. The molecule has 2 aliphatic rings. The molecule has 1 aliphatic heterocycles. The minimum absolute atomic E-state index is 0.00892. The molecule has 0 N–H and O–H groups in total. The third kappa shape index (κ3) is 3.10. The van der Waals surface area contributed by atoms with Crippen molar-refractivity contribution in [1.82, 2.24) is 0 Å². The van der Waals surface area contributed by atoms with Crippen LogP contribution in [0.3, 0.4) is 0 Å². The molecule has 0 bridgehead atoms. The van der Waals surface area contributed by atoms with Crippen LogP contribution in [0.4, 0.5) is 10.1 Å². The number of hydrogen-bond acceptors (Lipinski definition) is 7. The highest BCUT2D eigenvalue weighted by molar-refractivity contribution is 6.29. The molecule has 0 saturated carbocycles. The number of ether oxygens (including phenoxy) is 3. The zero-order valence-corrected chi connectivity index (χ0v) is 18.2. The van der Waals surface area contributed by atoms with Gasteiger partial charge in [-0.25, -0.2) is 4.39 Å². The molecule has 0 aromatic heterocycles. The Labute approximate surface area is 194 Å². The fraction of sp³-hybridized carbons (Fsp3) is 0.115. The van der Waals surface area contributed by atoms with Gasteiger partial charge in [0, 0.05) is 17.3 Å². The van der Waals surface area contributed by atoms with Crippen molar-refractivity contribution in [3.8, 4) is 23.3 Å². The van der Waals surface area contributed by atoms with Crippen LogP contribution in [0.15, 0.2) is 66.1 Å². The highest BCUT2D eigenvalue weighted by Gasteiger charge is 2.44. The Bertz CT molecular complexity index is 1440. The molecule has 0 saturated heterocycles. The van der Waals surface area contributed by atoms with Crippen LogP contribution in [0.5, 0.6) is 17.2 Å². The van der Waals surface area contributed by atoms with Crippen LogP contribution in [0.2, 0.25) is 0 Å². The molecule has 1 heterocycles. The summed E-state index contributed by atoms with van der Waals surface area (Å²) < 4.78 is 31.1. The number of ketones is 2. The summed E-state index contributed by atoms with van der Waals surface area (Å²) in [5, 5.41) is 9.17. The Kier molecular flexibility index (Phi) is 5.02. The number of methoxy groups -OCH3 is 2. The SMILES string of the molecule is COc1cc(F)c(OC)c2c1C(=O)C1=C(Oc3ccccc3CN1c1ccc(C#N)cc1)C2=O. The lowest BCUT2D eigenvalue weighted by atomic mass is 9.88. The first kappa shape index (κ1) is 21.2. The average Bonchev–Trinajstić information content (AvgIpc) is 3.04. The second-order valence-electron chi connectivity index (χ2n) is 7.63. The number of para-hydroxylation sites is 1. The number of fused-ring (bicyclic) bond motifs is 2. The number of nitriles is 1. The minimum atomic E-state index is -0.832. The van der Waals surface area contributed by atoms with Crippen LogP contribution >= 0.6 is 0 Å². The van der Waals surface area contributed by atoms with Crippen LogP contribution in [0.25, 0.3) is 0 Å². The third-order valence-corrected chi connectivity index (χ3v) is 5.80. The topological polar surface area (TPSA) is 88.9 Å². The smallest absolute Gasteiger partial charge is 0.235 e. The van der Waals surface area contributed by atoms with Gasteiger partial charge in [0.25, 0.3) is 0 Å². The fourth-order valence-electron chi connectivity index (χ4n) is 4.22. The van der Waals surface area contributed by atoms with Crippen molar-refractivity contribution in [2.24, 2.45) is 0 Å². The van der Waals surface area contributed by atoms with E-state index in [0.717, 1.165) is 11.6 Å². The second kappa shape index (κ2) is 8.05. The number of nitrogens with zero attached hydrogens (tertiary/aromatic N) is 2. The van der Waals surface area contributed by atoms with E-state index in [1.54, 1.807) is 41.3 Å². The summed E-state index contributed by atoms with van der Waals surface area (Å²) in [6.45, 7) is 0.218. The quantitative estimate of drug-likeness (QED) is 0.577. The van der Waals surface area contributed by atoms with Crippen molar-refractivity contribution in [1.29, 1.82) is 5.26 Å². The van der Waals surface area contributed by atoms with Crippen molar-refractivity contribution in [3.63, 3.8) is 0 Å². The van der Waals surface area contributed by atoms with Gasteiger partial charge in [-0.3, -0.25) is 9.59 Å². The Hall–Kier alpha value is -4.64. The number of rotatable bonds is 3. The number of carbonyl (C=O) groups excluding carboxylic acids is 2. The van der Waals surface area contributed by atoms with Crippen LogP contribution in [0.1, 0.15) is 31.8 Å². The molecule has 0 unspecified atom stereocenters. The predicted octanol–water partition coefficient (Wildman–Crippen LogP) is 4.40. The predicted molar refractivity (Wildman–Crippen MR) is 120 cm³/mol. The number of benzene rings is 3. The molecule has 7 nitrogen and oxygen atoms in total. The lowest BCUT2D eigenvalue weighted by molar-refractivity contribution is 0.0929. The van der Waals surface area contributed by atoms with Gasteiger partial charge in [-0.05, 0) is 30.3 Å². The maximum absolute atomic E-state index is 14.7. The van der Waals surface area contributed by atoms with E-state index in [-0.39, 0.29) is 40.6 Å². The summed E-state index contributed by atoms with van der Waals surface area (Å²) in [5.41, 5.74) is 1.40. The van der Waals surface area contributed by atoms with E-state index < -0.39 is 17.4 Å². The summed E-state index contributed by atoms with van der Waals surface area (Å²) >= 11 is 0. The van der Waals surface area contributed by atoms with E-state index in [9.17, 15) is 14.0 Å². The number of Topliss-reactive ketones (excluding diaryl/α,β-unsaturated/α-hetero) is 2. The molecule has 3 aromatic rings. The zero-order chi connectivity index (χ0) is 24.0. The van der Waals surface area contributed by atoms with Gasteiger partial charge >= 0.3 is 0 Å². The summed E-state index contributed by atoms with van der Waals surface area (Å²) in [6.07, 6.45) is 0. The summed E-state index contributed by atoms with van der Waals surface area (Å²) in [6, 6.07) is 16.8. The van der Waals surface area contributed by atoms with Crippen molar-refractivity contribution < 1.29 is 28.2 Å². The maximum Gasteiger partial charge on any atom is 0.235 e. The number of hydrogen-bond donors (Lipinski definition) is 0. The van der Waals surface area contributed by atoms with E-state index in [1.165, 1.54) is 14.2 Å². The van der Waals surface area contributed by atoms with Gasteiger partial charge in [0.1, 0.15) is 17.2 Å². The Morgan fingerprint density at radius 1 is 1.00 bits per heavy atom. The first-order valence-electron chi connectivity index (χ1n) is 10.3. The van der Waals surface area contributed by atoms with E-state index in [1.807, 2.05) is 12.1 Å². The molecule has 0 radical (unpaired) electrons. The van der Waals surface area contributed by atoms with Crippen molar-refractivity contribution in [2.75, 3.05) is 19.1 Å². The van der Waals surface area contributed by atoms with Crippen LogP contribution in [-0.4, -0.2) is 25.8 Å². The summed E-state index contributed by atoms with van der Waals surface area (Å²) in [7, 11) is 2.51. The number of halogens is 1. The molecular weight excluding hydrogens is 439 g/mol. The lowest BCUT2D eigenvalue weighted by Gasteiger charge is -2.29. The van der Waals surface area contributed by atoms with Gasteiger partial charge in [0.2, 0.25) is 17.3 Å². The largest absolute Gasteiger partial charge is 0.496 e. The molecule has 8 heteroatoms. The van der Waals surface area contributed by atoms with Gasteiger partial charge in [0.05, 0.1) is 43.5 Å². The molecule has 1 aliphatic carbocycles. The standard InChI is InChI=1S/C26H17FN2O5/c1-32-19-11-17(27)25(33-2)21-20(19)23(30)22-26(24(21)31)34-18-6-4-3-5-15(18)13-29(22)16-9-7-14(12-28)8-10-16/h3-11H,13H2,1-2H3. The molecule has 3 aromatic carbocycles. The first-order chi connectivity index (χ1) is 16.5. The van der Waals surface area contributed by atoms with E-state index in [4.69, 9.17) is 19.5 Å². The molecule has 0 amide bonds. The molecular formula is C26H17FN2O5. The molecule has 0 atom stereocenters. The highest BCUT2D eigenvalue weighted by Crippen LogP contribution is 2.44.